The van der Waals surface area contributed by atoms with Crippen molar-refractivity contribution in [2.75, 3.05) is 7.11 Å². The highest BCUT2D eigenvalue weighted by Crippen LogP contribution is 2.20. The molecule has 86 valence electrons. The third-order valence-corrected chi connectivity index (χ3v) is 2.67. The molecule has 0 atom stereocenters. The first kappa shape index (κ1) is 11.5. The average molecular weight is 224 g/mol. The van der Waals surface area contributed by atoms with Crippen LogP contribution in [0.4, 0.5) is 0 Å². The molecule has 17 heavy (non-hydrogen) atoms. The molecule has 0 amide bonds. The normalized spacial score (nSPS) is 10.7. The molecule has 0 saturated heterocycles. The van der Waals surface area contributed by atoms with Crippen molar-refractivity contribution in [3.8, 4) is 5.75 Å². The second-order valence-corrected chi connectivity index (χ2v) is 3.99. The number of ether oxygens (including phenoxy) is 1. The van der Waals surface area contributed by atoms with Crippen molar-refractivity contribution in [2.24, 2.45) is 0 Å². The molecule has 0 saturated carbocycles. The number of rotatable bonds is 3. The van der Waals surface area contributed by atoms with Crippen LogP contribution in [0.25, 0.3) is 12.2 Å². The minimum Gasteiger partial charge on any atom is -0.496 e. The van der Waals surface area contributed by atoms with E-state index in [1.807, 2.05) is 24.3 Å². The molecule has 2 aromatic rings. The summed E-state index contributed by atoms with van der Waals surface area (Å²) in [5, 5.41) is 0. The summed E-state index contributed by atoms with van der Waals surface area (Å²) < 4.78 is 5.30. The van der Waals surface area contributed by atoms with Gasteiger partial charge in [-0.15, -0.1) is 0 Å². The Labute approximate surface area is 102 Å². The van der Waals surface area contributed by atoms with Gasteiger partial charge in [0, 0.05) is 5.56 Å². The predicted octanol–water partition coefficient (Wildman–Crippen LogP) is 4.17. The Balaban J connectivity index is 2.22. The summed E-state index contributed by atoms with van der Waals surface area (Å²) in [6.45, 7) is 2.09. The van der Waals surface area contributed by atoms with E-state index >= 15 is 0 Å². The van der Waals surface area contributed by atoms with Crippen molar-refractivity contribution in [3.05, 3.63) is 65.2 Å². The summed E-state index contributed by atoms with van der Waals surface area (Å²) in [7, 11) is 1.69. The van der Waals surface area contributed by atoms with Crippen molar-refractivity contribution >= 4 is 12.2 Å². The molecule has 0 fully saturated rings. The maximum Gasteiger partial charge on any atom is 0.126 e. The van der Waals surface area contributed by atoms with Crippen LogP contribution in [0.3, 0.4) is 0 Å². The Kier molecular flexibility index (Phi) is 3.61. The first-order valence-corrected chi connectivity index (χ1v) is 5.67. The van der Waals surface area contributed by atoms with Crippen LogP contribution >= 0.6 is 0 Å². The molecule has 0 aromatic heterocycles. The largest absolute Gasteiger partial charge is 0.496 e. The molecule has 0 heterocycles. The Bertz CT molecular complexity index is 509. The van der Waals surface area contributed by atoms with Crippen LogP contribution in [-0.2, 0) is 0 Å². The van der Waals surface area contributed by atoms with E-state index in [1.165, 1.54) is 11.1 Å². The lowest BCUT2D eigenvalue weighted by Crippen LogP contribution is -1.85. The van der Waals surface area contributed by atoms with Crippen LogP contribution in [-0.4, -0.2) is 7.11 Å². The quantitative estimate of drug-likeness (QED) is 0.711. The molecule has 2 rings (SSSR count). The highest BCUT2D eigenvalue weighted by atomic mass is 16.5. The number of benzene rings is 2. The van der Waals surface area contributed by atoms with Crippen molar-refractivity contribution < 1.29 is 4.74 Å². The van der Waals surface area contributed by atoms with Crippen LogP contribution in [0.15, 0.2) is 48.5 Å². The first-order chi connectivity index (χ1) is 8.29. The van der Waals surface area contributed by atoms with E-state index in [4.69, 9.17) is 4.74 Å². The fraction of sp³-hybridized carbons (Fsp3) is 0.125. The number of hydrogen-bond donors (Lipinski definition) is 0. The van der Waals surface area contributed by atoms with Gasteiger partial charge < -0.3 is 4.74 Å². The second-order valence-electron chi connectivity index (χ2n) is 3.99. The van der Waals surface area contributed by atoms with E-state index in [2.05, 4.69) is 43.3 Å². The van der Waals surface area contributed by atoms with Crippen molar-refractivity contribution in [3.63, 3.8) is 0 Å². The molecule has 0 aliphatic heterocycles. The van der Waals surface area contributed by atoms with Crippen LogP contribution in [0.5, 0.6) is 5.75 Å². The summed E-state index contributed by atoms with van der Waals surface area (Å²) in [5.74, 6) is 0.899. The van der Waals surface area contributed by atoms with Gasteiger partial charge in [0.15, 0.2) is 0 Å². The molecule has 1 nitrogen and oxygen atoms in total. The molecule has 0 radical (unpaired) electrons. The molecule has 0 spiro atoms. The standard InChI is InChI=1S/C16H16O/c1-13-7-9-14(10-8-13)11-12-15-5-3-4-6-16(15)17-2/h3-12H,1-2H3/b12-11+. The van der Waals surface area contributed by atoms with Gasteiger partial charge >= 0.3 is 0 Å². The van der Waals surface area contributed by atoms with E-state index in [1.54, 1.807) is 7.11 Å². The van der Waals surface area contributed by atoms with Crippen LogP contribution in [0.1, 0.15) is 16.7 Å². The van der Waals surface area contributed by atoms with Crippen LogP contribution in [0.2, 0.25) is 0 Å². The molecule has 0 unspecified atom stereocenters. The van der Waals surface area contributed by atoms with Gasteiger partial charge in [-0.3, -0.25) is 0 Å². The van der Waals surface area contributed by atoms with Gasteiger partial charge in [0.1, 0.15) is 5.75 Å². The summed E-state index contributed by atoms with van der Waals surface area (Å²) >= 11 is 0. The minimum absolute atomic E-state index is 0.899. The van der Waals surface area contributed by atoms with Gasteiger partial charge in [0.25, 0.3) is 0 Å². The molecule has 1 heteroatoms. The zero-order valence-electron chi connectivity index (χ0n) is 10.2. The van der Waals surface area contributed by atoms with Crippen molar-refractivity contribution in [2.45, 2.75) is 6.92 Å². The predicted molar refractivity (Wildman–Crippen MR) is 73.1 cm³/mol. The third-order valence-electron chi connectivity index (χ3n) is 2.67. The highest BCUT2D eigenvalue weighted by Gasteiger charge is 1.96. The lowest BCUT2D eigenvalue weighted by molar-refractivity contribution is 0.414. The van der Waals surface area contributed by atoms with Gasteiger partial charge in [-0.25, -0.2) is 0 Å². The molecule has 2 aromatic carbocycles. The zero-order valence-corrected chi connectivity index (χ0v) is 10.2. The molecule has 0 aliphatic rings. The van der Waals surface area contributed by atoms with Crippen molar-refractivity contribution in [1.29, 1.82) is 0 Å². The smallest absolute Gasteiger partial charge is 0.126 e. The van der Waals surface area contributed by atoms with Crippen LogP contribution < -0.4 is 4.74 Å². The molecule has 0 bridgehead atoms. The first-order valence-electron chi connectivity index (χ1n) is 5.67. The third kappa shape index (κ3) is 2.97. The number of hydrogen-bond acceptors (Lipinski definition) is 1. The number of para-hydroxylation sites is 1. The fourth-order valence-electron chi connectivity index (χ4n) is 1.67. The van der Waals surface area contributed by atoms with E-state index in [0.29, 0.717) is 0 Å². The maximum absolute atomic E-state index is 5.30. The van der Waals surface area contributed by atoms with E-state index in [9.17, 15) is 0 Å². The van der Waals surface area contributed by atoms with Gasteiger partial charge in [-0.2, -0.15) is 0 Å². The maximum atomic E-state index is 5.30. The van der Waals surface area contributed by atoms with Crippen LogP contribution in [0, 0.1) is 6.92 Å². The number of aryl methyl sites for hydroxylation is 1. The van der Waals surface area contributed by atoms with Gasteiger partial charge in [-0.05, 0) is 18.6 Å². The number of methoxy groups -OCH3 is 1. The molecular weight excluding hydrogens is 208 g/mol. The minimum atomic E-state index is 0.899. The monoisotopic (exact) mass is 224 g/mol. The lowest BCUT2D eigenvalue weighted by atomic mass is 10.1. The van der Waals surface area contributed by atoms with Gasteiger partial charge in [-0.1, -0.05) is 60.2 Å². The zero-order chi connectivity index (χ0) is 12.1. The fourth-order valence-corrected chi connectivity index (χ4v) is 1.67. The van der Waals surface area contributed by atoms with Gasteiger partial charge in [0.05, 0.1) is 7.11 Å². The second kappa shape index (κ2) is 5.35. The van der Waals surface area contributed by atoms with Crippen molar-refractivity contribution in [1.82, 2.24) is 0 Å². The Hall–Kier alpha value is -2.02. The Morgan fingerprint density at radius 1 is 0.882 bits per heavy atom. The summed E-state index contributed by atoms with van der Waals surface area (Å²) in [4.78, 5) is 0. The van der Waals surface area contributed by atoms with Gasteiger partial charge in [0.2, 0.25) is 0 Å². The topological polar surface area (TPSA) is 9.23 Å². The van der Waals surface area contributed by atoms with E-state index in [-0.39, 0.29) is 0 Å². The van der Waals surface area contributed by atoms with E-state index in [0.717, 1.165) is 11.3 Å². The molecule has 0 aliphatic carbocycles. The average Bonchev–Trinajstić information content (AvgIpc) is 2.38. The SMILES string of the molecule is COc1ccccc1/C=C/c1ccc(C)cc1. The molecule has 0 N–H and O–H groups in total. The Morgan fingerprint density at radius 2 is 1.59 bits per heavy atom. The van der Waals surface area contributed by atoms with E-state index < -0.39 is 0 Å². The summed E-state index contributed by atoms with van der Waals surface area (Å²) in [5.41, 5.74) is 3.57. The Morgan fingerprint density at radius 3 is 2.29 bits per heavy atom. The highest BCUT2D eigenvalue weighted by molar-refractivity contribution is 5.72. The summed E-state index contributed by atoms with van der Waals surface area (Å²) in [6.07, 6.45) is 4.17. The molecular formula is C16H16O. The lowest BCUT2D eigenvalue weighted by Gasteiger charge is -2.03. The summed E-state index contributed by atoms with van der Waals surface area (Å²) in [6, 6.07) is 16.4.